The zero-order valence-electron chi connectivity index (χ0n) is 13.2. The minimum atomic E-state index is -0.347. The number of carbonyl (C=O) groups excluding carboxylic acids is 1. The van der Waals surface area contributed by atoms with Crippen molar-refractivity contribution in [2.75, 3.05) is 6.61 Å². The van der Waals surface area contributed by atoms with Gasteiger partial charge < -0.3 is 14.8 Å². The highest BCUT2D eigenvalue weighted by molar-refractivity contribution is 5.73. The highest BCUT2D eigenvalue weighted by Gasteiger charge is 2.41. The molecule has 1 amide bonds. The van der Waals surface area contributed by atoms with Crippen LogP contribution in [0, 0.1) is 11.8 Å². The zero-order chi connectivity index (χ0) is 15.1. The van der Waals surface area contributed by atoms with Crippen molar-refractivity contribution in [3.05, 3.63) is 12.7 Å². The van der Waals surface area contributed by atoms with Gasteiger partial charge in [-0.25, -0.2) is 0 Å². The number of amides is 1. The second kappa shape index (κ2) is 8.42. The van der Waals surface area contributed by atoms with E-state index in [1.165, 1.54) is 6.92 Å². The molecule has 0 aliphatic carbocycles. The molecule has 4 nitrogen and oxygen atoms in total. The van der Waals surface area contributed by atoms with Crippen molar-refractivity contribution in [1.82, 2.24) is 5.32 Å². The van der Waals surface area contributed by atoms with Gasteiger partial charge in [-0.2, -0.15) is 0 Å². The smallest absolute Gasteiger partial charge is 0.217 e. The molecule has 1 rings (SSSR count). The van der Waals surface area contributed by atoms with Gasteiger partial charge in [0.15, 0.2) is 6.29 Å². The van der Waals surface area contributed by atoms with E-state index in [1.807, 2.05) is 6.08 Å². The standard InChI is InChI=1S/C16H29NO3/c1-6-8-9-10-19-16-15(17-13(5)18)12(4)11(3)14(7-2)20-16/h6,11-12,14-16H,1,7-10H2,2-5H3,(H,17,18)/t11-,12-,14+,15+,16-/m0/s1. The minimum absolute atomic E-state index is 0.0349. The Labute approximate surface area is 122 Å². The van der Waals surface area contributed by atoms with Crippen LogP contribution in [0.25, 0.3) is 0 Å². The third kappa shape index (κ3) is 4.60. The lowest BCUT2D eigenvalue weighted by molar-refractivity contribution is -0.236. The summed E-state index contributed by atoms with van der Waals surface area (Å²) in [7, 11) is 0. The lowest BCUT2D eigenvalue weighted by atomic mass is 9.81. The lowest BCUT2D eigenvalue weighted by Gasteiger charge is -2.44. The summed E-state index contributed by atoms with van der Waals surface area (Å²) in [6.45, 7) is 12.3. The van der Waals surface area contributed by atoms with E-state index in [9.17, 15) is 4.79 Å². The maximum Gasteiger partial charge on any atom is 0.217 e. The number of unbranched alkanes of at least 4 members (excludes halogenated alkanes) is 1. The molecule has 1 N–H and O–H groups in total. The fourth-order valence-electron chi connectivity index (χ4n) is 2.77. The molecule has 5 atom stereocenters. The summed E-state index contributed by atoms with van der Waals surface area (Å²) in [6.07, 6.45) is 4.55. The Hall–Kier alpha value is -0.870. The molecule has 0 radical (unpaired) electrons. The molecule has 1 saturated heterocycles. The molecule has 0 aromatic carbocycles. The van der Waals surface area contributed by atoms with E-state index in [0.717, 1.165) is 19.3 Å². The summed E-state index contributed by atoms with van der Waals surface area (Å²) < 4.78 is 11.9. The summed E-state index contributed by atoms with van der Waals surface area (Å²) in [5.41, 5.74) is 0. The van der Waals surface area contributed by atoms with Crippen LogP contribution in [-0.2, 0) is 14.3 Å². The van der Waals surface area contributed by atoms with Gasteiger partial charge in [-0.05, 0) is 31.1 Å². The third-order valence-corrected chi connectivity index (χ3v) is 4.19. The Morgan fingerprint density at radius 2 is 2.10 bits per heavy atom. The Morgan fingerprint density at radius 3 is 2.65 bits per heavy atom. The third-order valence-electron chi connectivity index (χ3n) is 4.19. The molecule has 4 heteroatoms. The topological polar surface area (TPSA) is 47.6 Å². The number of allylic oxidation sites excluding steroid dienone is 1. The molecule has 0 bridgehead atoms. The molecule has 1 aliphatic heterocycles. The lowest BCUT2D eigenvalue weighted by Crippen LogP contribution is -2.57. The van der Waals surface area contributed by atoms with Gasteiger partial charge in [-0.15, -0.1) is 6.58 Å². The number of hydrogen-bond acceptors (Lipinski definition) is 3. The molecule has 20 heavy (non-hydrogen) atoms. The fourth-order valence-corrected chi connectivity index (χ4v) is 2.77. The molecular formula is C16H29NO3. The van der Waals surface area contributed by atoms with Gasteiger partial charge in [0, 0.05) is 6.92 Å². The quantitative estimate of drug-likeness (QED) is 0.577. The van der Waals surface area contributed by atoms with E-state index in [4.69, 9.17) is 9.47 Å². The van der Waals surface area contributed by atoms with Crippen LogP contribution in [0.4, 0.5) is 0 Å². The second-order valence-electron chi connectivity index (χ2n) is 5.70. The van der Waals surface area contributed by atoms with E-state index < -0.39 is 0 Å². The maximum atomic E-state index is 11.4. The van der Waals surface area contributed by atoms with E-state index >= 15 is 0 Å². The number of nitrogens with one attached hydrogen (secondary N) is 1. The van der Waals surface area contributed by atoms with Gasteiger partial charge in [-0.3, -0.25) is 4.79 Å². The van der Waals surface area contributed by atoms with Crippen molar-refractivity contribution in [3.8, 4) is 0 Å². The molecule has 0 unspecified atom stereocenters. The summed E-state index contributed by atoms with van der Waals surface area (Å²) in [6, 6.07) is -0.0750. The largest absolute Gasteiger partial charge is 0.350 e. The molecule has 116 valence electrons. The first-order valence-corrected chi connectivity index (χ1v) is 7.66. The predicted molar refractivity (Wildman–Crippen MR) is 80.3 cm³/mol. The molecule has 1 aliphatic rings. The van der Waals surface area contributed by atoms with Gasteiger partial charge in [0.1, 0.15) is 0 Å². The van der Waals surface area contributed by atoms with Crippen molar-refractivity contribution >= 4 is 5.91 Å². The Kier molecular flexibility index (Phi) is 7.24. The van der Waals surface area contributed by atoms with E-state index in [-0.39, 0.29) is 24.3 Å². The van der Waals surface area contributed by atoms with E-state index in [0.29, 0.717) is 18.4 Å². The molecule has 0 spiro atoms. The second-order valence-corrected chi connectivity index (χ2v) is 5.70. The average Bonchev–Trinajstić information content (AvgIpc) is 2.41. The SMILES string of the molecule is C=CCCCO[C@H]1O[C@H](CC)[C@@H](C)[C@H](C)[C@H]1NC(C)=O. The van der Waals surface area contributed by atoms with Crippen LogP contribution in [0.15, 0.2) is 12.7 Å². The van der Waals surface area contributed by atoms with Gasteiger partial charge in [0.2, 0.25) is 5.91 Å². The van der Waals surface area contributed by atoms with Crippen molar-refractivity contribution in [2.45, 2.75) is 65.4 Å². The summed E-state index contributed by atoms with van der Waals surface area (Å²) in [4.78, 5) is 11.4. The normalized spacial score (nSPS) is 33.7. The molecule has 0 aromatic rings. The van der Waals surface area contributed by atoms with Crippen LogP contribution >= 0.6 is 0 Å². The number of ether oxygens (including phenoxy) is 2. The first-order chi connectivity index (χ1) is 9.51. The fraction of sp³-hybridized carbons (Fsp3) is 0.812. The van der Waals surface area contributed by atoms with Gasteiger partial charge in [-0.1, -0.05) is 26.8 Å². The van der Waals surface area contributed by atoms with Crippen molar-refractivity contribution in [2.24, 2.45) is 11.8 Å². The van der Waals surface area contributed by atoms with Crippen LogP contribution < -0.4 is 5.32 Å². The van der Waals surface area contributed by atoms with Crippen molar-refractivity contribution < 1.29 is 14.3 Å². The Morgan fingerprint density at radius 1 is 1.40 bits per heavy atom. The molecule has 0 saturated carbocycles. The summed E-state index contributed by atoms with van der Waals surface area (Å²) in [5.74, 6) is 0.708. The van der Waals surface area contributed by atoms with Crippen LogP contribution in [0.3, 0.4) is 0 Å². The number of hydrogen-bond donors (Lipinski definition) is 1. The molecule has 0 aromatic heterocycles. The minimum Gasteiger partial charge on any atom is -0.350 e. The highest BCUT2D eigenvalue weighted by atomic mass is 16.7. The summed E-state index contributed by atoms with van der Waals surface area (Å²) >= 11 is 0. The van der Waals surface area contributed by atoms with E-state index in [2.05, 4.69) is 32.7 Å². The Balaban J connectivity index is 2.67. The van der Waals surface area contributed by atoms with Crippen LogP contribution in [0.1, 0.15) is 47.0 Å². The van der Waals surface area contributed by atoms with Gasteiger partial charge in [0.05, 0.1) is 18.8 Å². The summed E-state index contributed by atoms with van der Waals surface area (Å²) in [5, 5.41) is 2.99. The first kappa shape index (κ1) is 17.2. The Bertz CT molecular complexity index is 319. The van der Waals surface area contributed by atoms with Crippen molar-refractivity contribution in [1.29, 1.82) is 0 Å². The molecule has 1 fully saturated rings. The molecular weight excluding hydrogens is 254 g/mol. The van der Waals surface area contributed by atoms with Gasteiger partial charge in [0.25, 0.3) is 0 Å². The van der Waals surface area contributed by atoms with Crippen LogP contribution in [0.2, 0.25) is 0 Å². The maximum absolute atomic E-state index is 11.4. The van der Waals surface area contributed by atoms with E-state index in [1.54, 1.807) is 0 Å². The molecule has 1 heterocycles. The predicted octanol–water partition coefficient (Wildman–Crippen LogP) is 2.88. The van der Waals surface area contributed by atoms with Crippen LogP contribution in [0.5, 0.6) is 0 Å². The average molecular weight is 283 g/mol. The number of carbonyl (C=O) groups is 1. The zero-order valence-corrected chi connectivity index (χ0v) is 13.2. The first-order valence-electron chi connectivity index (χ1n) is 7.66. The highest BCUT2D eigenvalue weighted by Crippen LogP contribution is 2.32. The van der Waals surface area contributed by atoms with Crippen LogP contribution in [-0.4, -0.2) is 30.9 Å². The number of rotatable bonds is 7. The monoisotopic (exact) mass is 283 g/mol. The van der Waals surface area contributed by atoms with Crippen molar-refractivity contribution in [3.63, 3.8) is 0 Å². The van der Waals surface area contributed by atoms with Gasteiger partial charge >= 0.3 is 0 Å².